The number of ether oxygens (including phenoxy) is 1. The Morgan fingerprint density at radius 1 is 1.48 bits per heavy atom. The molecule has 6 heteroatoms. The monoisotopic (exact) mass is 309 g/mol. The Hall–Kier alpha value is -1.84. The first-order valence-corrected chi connectivity index (χ1v) is 7.47. The van der Waals surface area contributed by atoms with Crippen LogP contribution in [0.2, 0.25) is 0 Å². The first kappa shape index (κ1) is 17.2. The van der Waals surface area contributed by atoms with Crippen molar-refractivity contribution in [2.45, 2.75) is 19.3 Å². The lowest BCUT2D eigenvalue weighted by molar-refractivity contribution is -0.140. The second-order valence-corrected chi connectivity index (χ2v) is 5.26. The van der Waals surface area contributed by atoms with Crippen LogP contribution in [0.4, 0.5) is 0 Å². The molecule has 0 aliphatic carbocycles. The van der Waals surface area contributed by atoms with Crippen molar-refractivity contribution in [2.75, 3.05) is 27.3 Å². The van der Waals surface area contributed by atoms with E-state index in [0.29, 0.717) is 36.2 Å². The Kier molecular flexibility index (Phi) is 7.51. The zero-order valence-electron chi connectivity index (χ0n) is 12.2. The second-order valence-electron chi connectivity index (χ2n) is 4.35. The van der Waals surface area contributed by atoms with Gasteiger partial charge in [-0.2, -0.15) is 0 Å². The average molecular weight is 309 g/mol. The van der Waals surface area contributed by atoms with E-state index in [1.807, 2.05) is 5.38 Å². The van der Waals surface area contributed by atoms with Gasteiger partial charge in [-0.15, -0.1) is 11.3 Å². The zero-order chi connectivity index (χ0) is 15.7. The maximum absolute atomic E-state index is 12.3. The number of hydrogen-bond donors (Lipinski definition) is 1. The molecule has 1 aromatic rings. The van der Waals surface area contributed by atoms with Gasteiger partial charge in [0.2, 0.25) is 0 Å². The maximum Gasteiger partial charge on any atom is 0.305 e. The fourth-order valence-electron chi connectivity index (χ4n) is 1.62. The Bertz CT molecular complexity index is 541. The summed E-state index contributed by atoms with van der Waals surface area (Å²) in [5.41, 5.74) is 0.679. The van der Waals surface area contributed by atoms with Crippen molar-refractivity contribution >= 4 is 23.2 Å². The highest BCUT2D eigenvalue weighted by Gasteiger charge is 2.16. The van der Waals surface area contributed by atoms with Gasteiger partial charge in [0.15, 0.2) is 0 Å². The molecule has 0 bridgehead atoms. The Balaban J connectivity index is 2.61. The number of thiophene rings is 1. The molecule has 1 N–H and O–H groups in total. The van der Waals surface area contributed by atoms with E-state index in [9.17, 15) is 9.59 Å². The fraction of sp³-hybridized carbons (Fsp3) is 0.467. The number of esters is 1. The molecular formula is C15H19NO4S. The van der Waals surface area contributed by atoms with Crippen molar-refractivity contribution in [3.8, 4) is 11.8 Å². The van der Waals surface area contributed by atoms with Gasteiger partial charge in [0.05, 0.1) is 13.7 Å². The predicted octanol–water partition coefficient (Wildman–Crippen LogP) is 1.51. The number of hydrogen-bond acceptors (Lipinski definition) is 5. The van der Waals surface area contributed by atoms with E-state index in [4.69, 9.17) is 5.11 Å². The van der Waals surface area contributed by atoms with E-state index in [2.05, 4.69) is 16.6 Å². The molecule has 5 nitrogen and oxygen atoms in total. The Labute approximate surface area is 128 Å². The molecular weight excluding hydrogens is 290 g/mol. The van der Waals surface area contributed by atoms with E-state index < -0.39 is 0 Å². The van der Waals surface area contributed by atoms with Crippen LogP contribution >= 0.6 is 11.3 Å². The number of aliphatic hydroxyl groups is 1. The Morgan fingerprint density at radius 2 is 2.24 bits per heavy atom. The number of amides is 1. The van der Waals surface area contributed by atoms with E-state index in [0.717, 1.165) is 0 Å². The van der Waals surface area contributed by atoms with E-state index in [1.165, 1.54) is 18.4 Å². The molecule has 0 saturated heterocycles. The number of rotatable bonds is 6. The van der Waals surface area contributed by atoms with Crippen molar-refractivity contribution in [1.29, 1.82) is 0 Å². The van der Waals surface area contributed by atoms with Crippen molar-refractivity contribution in [2.24, 2.45) is 0 Å². The first-order chi connectivity index (χ1) is 10.1. The number of carbonyl (C=O) groups is 2. The van der Waals surface area contributed by atoms with Crippen LogP contribution in [0.25, 0.3) is 0 Å². The quantitative estimate of drug-likeness (QED) is 0.639. The molecule has 0 spiro atoms. The lowest BCUT2D eigenvalue weighted by atomic mass is 10.2. The molecule has 21 heavy (non-hydrogen) atoms. The molecule has 0 aromatic carbocycles. The van der Waals surface area contributed by atoms with Crippen molar-refractivity contribution in [3.05, 3.63) is 21.9 Å². The molecule has 0 atom stereocenters. The van der Waals surface area contributed by atoms with Crippen molar-refractivity contribution in [1.82, 2.24) is 4.90 Å². The molecule has 1 rings (SSSR count). The van der Waals surface area contributed by atoms with Crippen LogP contribution in [0.3, 0.4) is 0 Å². The Morgan fingerprint density at radius 3 is 2.90 bits per heavy atom. The molecule has 0 aliphatic rings. The van der Waals surface area contributed by atoms with Crippen LogP contribution in [0.15, 0.2) is 11.4 Å². The number of aliphatic hydroxyl groups excluding tert-OH is 1. The van der Waals surface area contributed by atoms with Gasteiger partial charge >= 0.3 is 5.97 Å². The van der Waals surface area contributed by atoms with Crippen LogP contribution in [0, 0.1) is 11.8 Å². The molecule has 0 unspecified atom stereocenters. The predicted molar refractivity (Wildman–Crippen MR) is 81.1 cm³/mol. The second kappa shape index (κ2) is 9.16. The van der Waals surface area contributed by atoms with Gasteiger partial charge < -0.3 is 14.7 Å². The highest BCUT2D eigenvalue weighted by atomic mass is 32.1. The lowest BCUT2D eigenvalue weighted by Crippen LogP contribution is -2.28. The number of methoxy groups -OCH3 is 1. The van der Waals surface area contributed by atoms with Crippen LogP contribution in [0.5, 0.6) is 0 Å². The van der Waals surface area contributed by atoms with E-state index in [-0.39, 0.29) is 18.5 Å². The summed E-state index contributed by atoms with van der Waals surface area (Å²) in [7, 11) is 3.05. The average Bonchev–Trinajstić information content (AvgIpc) is 2.94. The summed E-state index contributed by atoms with van der Waals surface area (Å²) in [6.07, 6.45) is 1.24. The summed E-state index contributed by atoms with van der Waals surface area (Å²) in [5, 5.41) is 10.5. The van der Waals surface area contributed by atoms with Gasteiger partial charge in [0.25, 0.3) is 5.91 Å². The summed E-state index contributed by atoms with van der Waals surface area (Å²) in [6, 6.07) is 1.80. The third kappa shape index (κ3) is 5.58. The molecule has 1 amide bonds. The fourth-order valence-corrected chi connectivity index (χ4v) is 2.47. The van der Waals surface area contributed by atoms with Crippen LogP contribution in [0.1, 0.15) is 34.5 Å². The van der Waals surface area contributed by atoms with Crippen LogP contribution in [-0.4, -0.2) is 49.2 Å². The molecule has 1 aromatic heterocycles. The summed E-state index contributed by atoms with van der Waals surface area (Å²) in [5.74, 6) is 5.32. The summed E-state index contributed by atoms with van der Waals surface area (Å²) in [4.78, 5) is 25.5. The molecule has 114 valence electrons. The zero-order valence-corrected chi connectivity index (χ0v) is 13.0. The highest BCUT2D eigenvalue weighted by molar-refractivity contribution is 7.12. The standard InChI is InChI=1S/C15H19NO4S/c1-16(9-5-7-13(18)20-2)15(19)14-12(8-11-21-14)6-3-4-10-17/h8,11,17H,4-5,7,9-10H2,1-2H3. The third-order valence-corrected chi connectivity index (χ3v) is 3.67. The van der Waals surface area contributed by atoms with Crippen LogP contribution in [-0.2, 0) is 9.53 Å². The number of nitrogens with zero attached hydrogens (tertiary/aromatic N) is 1. The SMILES string of the molecule is COC(=O)CCCN(C)C(=O)c1sccc1C#CCCO. The molecule has 1 heterocycles. The smallest absolute Gasteiger partial charge is 0.305 e. The van der Waals surface area contributed by atoms with Gasteiger partial charge in [0.1, 0.15) is 4.88 Å². The van der Waals surface area contributed by atoms with Gasteiger partial charge in [-0.3, -0.25) is 9.59 Å². The summed E-state index contributed by atoms with van der Waals surface area (Å²) < 4.78 is 4.56. The van der Waals surface area contributed by atoms with Crippen molar-refractivity contribution in [3.63, 3.8) is 0 Å². The molecule has 0 radical (unpaired) electrons. The van der Waals surface area contributed by atoms with E-state index >= 15 is 0 Å². The van der Waals surface area contributed by atoms with Gasteiger partial charge in [-0.25, -0.2) is 0 Å². The first-order valence-electron chi connectivity index (χ1n) is 6.59. The topological polar surface area (TPSA) is 66.8 Å². The highest BCUT2D eigenvalue weighted by Crippen LogP contribution is 2.18. The van der Waals surface area contributed by atoms with Gasteiger partial charge in [0, 0.05) is 32.0 Å². The van der Waals surface area contributed by atoms with Gasteiger partial charge in [-0.1, -0.05) is 11.8 Å². The molecule has 0 fully saturated rings. The minimum Gasteiger partial charge on any atom is -0.469 e. The van der Waals surface area contributed by atoms with Gasteiger partial charge in [-0.05, 0) is 17.9 Å². The molecule has 0 aliphatic heterocycles. The minimum atomic E-state index is -0.275. The third-order valence-electron chi connectivity index (χ3n) is 2.77. The lowest BCUT2D eigenvalue weighted by Gasteiger charge is -2.16. The van der Waals surface area contributed by atoms with Crippen molar-refractivity contribution < 1.29 is 19.4 Å². The van der Waals surface area contributed by atoms with Crippen LogP contribution < -0.4 is 0 Å². The largest absolute Gasteiger partial charge is 0.469 e. The summed E-state index contributed by atoms with van der Waals surface area (Å²) >= 11 is 1.34. The maximum atomic E-state index is 12.3. The van der Waals surface area contributed by atoms with E-state index in [1.54, 1.807) is 18.0 Å². The number of carbonyl (C=O) groups excluding carboxylic acids is 2. The minimum absolute atomic E-state index is 0.00779. The summed E-state index contributed by atoms with van der Waals surface area (Å²) in [6.45, 7) is 0.489. The normalized spacial score (nSPS) is 9.67. The molecule has 0 saturated carbocycles.